The molecule has 0 aliphatic carbocycles. The lowest BCUT2D eigenvalue weighted by molar-refractivity contribution is -0.121. The molecule has 1 aromatic heterocycles. The second-order valence-corrected chi connectivity index (χ2v) is 6.37. The number of ether oxygens (including phenoxy) is 1. The summed E-state index contributed by atoms with van der Waals surface area (Å²) >= 11 is 1.66. The molecule has 0 aromatic carbocycles. The van der Waals surface area contributed by atoms with Gasteiger partial charge in [0.1, 0.15) is 5.60 Å². The summed E-state index contributed by atoms with van der Waals surface area (Å²) < 4.78 is 5.40. The maximum atomic E-state index is 10.9. The van der Waals surface area contributed by atoms with Crippen molar-refractivity contribution >= 4 is 11.3 Å². The van der Waals surface area contributed by atoms with Gasteiger partial charge in [0.25, 0.3) is 0 Å². The normalized spacial score (nSPS) is 23.3. The standard InChI is InChI=1S/C13H21NO2S/c1-10-3-4-11(17-10)12(2,15)13(9-14)5-7-16-8-6-13/h3-4,15H,5-9,14H2,1-2H3. The number of hydrogen-bond donors (Lipinski definition) is 2. The van der Waals surface area contributed by atoms with E-state index in [9.17, 15) is 5.11 Å². The molecule has 0 spiro atoms. The van der Waals surface area contributed by atoms with Gasteiger partial charge >= 0.3 is 0 Å². The number of aliphatic hydroxyl groups is 1. The van der Waals surface area contributed by atoms with Crippen LogP contribution < -0.4 is 5.73 Å². The molecule has 4 heteroatoms. The van der Waals surface area contributed by atoms with Crippen molar-refractivity contribution < 1.29 is 9.84 Å². The van der Waals surface area contributed by atoms with Crippen LogP contribution in [0.3, 0.4) is 0 Å². The van der Waals surface area contributed by atoms with E-state index in [0.717, 1.165) is 17.7 Å². The van der Waals surface area contributed by atoms with Gasteiger partial charge in [-0.2, -0.15) is 0 Å². The minimum absolute atomic E-state index is 0.247. The van der Waals surface area contributed by atoms with Crippen LogP contribution in [0.25, 0.3) is 0 Å². The Balaban J connectivity index is 2.34. The zero-order valence-corrected chi connectivity index (χ0v) is 11.3. The highest BCUT2D eigenvalue weighted by Gasteiger charge is 2.48. The Kier molecular flexibility index (Phi) is 3.59. The fourth-order valence-corrected chi connectivity index (χ4v) is 3.64. The van der Waals surface area contributed by atoms with Gasteiger partial charge in [-0.3, -0.25) is 0 Å². The molecule has 1 saturated heterocycles. The average molecular weight is 255 g/mol. The third-order valence-electron chi connectivity index (χ3n) is 4.09. The molecule has 0 amide bonds. The van der Waals surface area contributed by atoms with Gasteiger partial charge in [-0.05, 0) is 38.8 Å². The molecule has 0 bridgehead atoms. The maximum absolute atomic E-state index is 10.9. The van der Waals surface area contributed by atoms with E-state index in [1.165, 1.54) is 4.88 Å². The molecule has 1 atom stereocenters. The Labute approximate surface area is 107 Å². The first-order valence-electron chi connectivity index (χ1n) is 6.09. The molecule has 1 fully saturated rings. The van der Waals surface area contributed by atoms with Crippen LogP contribution >= 0.6 is 11.3 Å². The molecule has 3 nitrogen and oxygen atoms in total. The van der Waals surface area contributed by atoms with Gasteiger partial charge in [0, 0.05) is 34.9 Å². The second kappa shape index (κ2) is 4.69. The molecule has 1 aliphatic heterocycles. The van der Waals surface area contributed by atoms with E-state index in [4.69, 9.17) is 10.5 Å². The summed E-state index contributed by atoms with van der Waals surface area (Å²) in [5.41, 5.74) is 4.85. The first kappa shape index (κ1) is 13.0. The molecule has 0 saturated carbocycles. The lowest BCUT2D eigenvalue weighted by Gasteiger charge is -2.46. The predicted octanol–water partition coefficient (Wildman–Crippen LogP) is 2.02. The van der Waals surface area contributed by atoms with Crippen molar-refractivity contribution in [1.29, 1.82) is 0 Å². The van der Waals surface area contributed by atoms with Crippen LogP contribution in [0, 0.1) is 12.3 Å². The third-order valence-corrected chi connectivity index (χ3v) is 5.30. The second-order valence-electron chi connectivity index (χ2n) is 5.08. The summed E-state index contributed by atoms with van der Waals surface area (Å²) in [5.74, 6) is 0. The van der Waals surface area contributed by atoms with Gasteiger partial charge < -0.3 is 15.6 Å². The molecule has 1 unspecified atom stereocenters. The first-order valence-corrected chi connectivity index (χ1v) is 6.91. The highest BCUT2D eigenvalue weighted by molar-refractivity contribution is 7.12. The maximum Gasteiger partial charge on any atom is 0.103 e. The Hall–Kier alpha value is -0.420. The average Bonchev–Trinajstić information content (AvgIpc) is 2.77. The molecule has 3 N–H and O–H groups in total. The largest absolute Gasteiger partial charge is 0.384 e. The fourth-order valence-electron chi connectivity index (χ4n) is 2.61. The van der Waals surface area contributed by atoms with Crippen LogP contribution in [-0.4, -0.2) is 24.9 Å². The van der Waals surface area contributed by atoms with Crippen molar-refractivity contribution in [3.05, 3.63) is 21.9 Å². The summed E-state index contributed by atoms with van der Waals surface area (Å²) in [6, 6.07) is 4.07. The number of nitrogens with two attached hydrogens (primary N) is 1. The Morgan fingerprint density at radius 1 is 1.47 bits per heavy atom. The van der Waals surface area contributed by atoms with Gasteiger partial charge in [0.05, 0.1) is 0 Å². The summed E-state index contributed by atoms with van der Waals surface area (Å²) in [7, 11) is 0. The van der Waals surface area contributed by atoms with Crippen LogP contribution in [-0.2, 0) is 10.3 Å². The highest BCUT2D eigenvalue weighted by Crippen LogP contribution is 2.47. The quantitative estimate of drug-likeness (QED) is 0.869. The number of rotatable bonds is 3. The zero-order chi connectivity index (χ0) is 12.5. The highest BCUT2D eigenvalue weighted by atomic mass is 32.1. The molecular formula is C13H21NO2S. The van der Waals surface area contributed by atoms with E-state index >= 15 is 0 Å². The number of aryl methyl sites for hydroxylation is 1. The zero-order valence-electron chi connectivity index (χ0n) is 10.5. The van der Waals surface area contributed by atoms with Crippen LogP contribution in [0.2, 0.25) is 0 Å². The molecule has 1 aromatic rings. The van der Waals surface area contributed by atoms with Crippen LogP contribution in [0.5, 0.6) is 0 Å². The molecular weight excluding hydrogens is 234 g/mol. The van der Waals surface area contributed by atoms with E-state index in [-0.39, 0.29) is 5.41 Å². The van der Waals surface area contributed by atoms with E-state index < -0.39 is 5.60 Å². The fraction of sp³-hybridized carbons (Fsp3) is 0.692. The molecule has 2 rings (SSSR count). The Bertz CT molecular complexity index is 381. The Morgan fingerprint density at radius 2 is 2.12 bits per heavy atom. The molecule has 0 radical (unpaired) electrons. The van der Waals surface area contributed by atoms with Gasteiger partial charge in [0.2, 0.25) is 0 Å². The molecule has 96 valence electrons. The summed E-state index contributed by atoms with van der Waals surface area (Å²) in [4.78, 5) is 2.24. The van der Waals surface area contributed by atoms with Gasteiger partial charge in [-0.15, -0.1) is 11.3 Å². The number of hydrogen-bond acceptors (Lipinski definition) is 4. The lowest BCUT2D eigenvalue weighted by atomic mass is 9.67. The lowest BCUT2D eigenvalue weighted by Crippen LogP contribution is -2.51. The molecule has 2 heterocycles. The first-order chi connectivity index (χ1) is 8.02. The van der Waals surface area contributed by atoms with Gasteiger partial charge in [-0.1, -0.05) is 0 Å². The number of thiophene rings is 1. The van der Waals surface area contributed by atoms with Crippen LogP contribution in [0.1, 0.15) is 29.5 Å². The summed E-state index contributed by atoms with van der Waals surface area (Å²) in [6.45, 7) is 5.84. The van der Waals surface area contributed by atoms with E-state index in [1.807, 2.05) is 13.0 Å². The van der Waals surface area contributed by atoms with Crippen molar-refractivity contribution in [3.8, 4) is 0 Å². The molecule has 17 heavy (non-hydrogen) atoms. The van der Waals surface area contributed by atoms with E-state index in [2.05, 4.69) is 13.0 Å². The monoisotopic (exact) mass is 255 g/mol. The SMILES string of the molecule is Cc1ccc(C(C)(O)C2(CN)CCOCC2)s1. The van der Waals surface area contributed by atoms with Gasteiger partial charge in [-0.25, -0.2) is 0 Å². The van der Waals surface area contributed by atoms with E-state index in [1.54, 1.807) is 11.3 Å². The Morgan fingerprint density at radius 3 is 2.59 bits per heavy atom. The minimum atomic E-state index is -0.857. The van der Waals surface area contributed by atoms with Crippen molar-refractivity contribution in [2.24, 2.45) is 11.1 Å². The minimum Gasteiger partial charge on any atom is -0.384 e. The van der Waals surface area contributed by atoms with Crippen LogP contribution in [0.15, 0.2) is 12.1 Å². The topological polar surface area (TPSA) is 55.5 Å². The van der Waals surface area contributed by atoms with Crippen molar-refractivity contribution in [3.63, 3.8) is 0 Å². The predicted molar refractivity (Wildman–Crippen MR) is 70.2 cm³/mol. The van der Waals surface area contributed by atoms with E-state index in [0.29, 0.717) is 19.8 Å². The molecule has 1 aliphatic rings. The summed E-state index contributed by atoms with van der Waals surface area (Å²) in [5, 5.41) is 10.9. The van der Waals surface area contributed by atoms with Crippen LogP contribution in [0.4, 0.5) is 0 Å². The van der Waals surface area contributed by atoms with Crippen molar-refractivity contribution in [1.82, 2.24) is 0 Å². The summed E-state index contributed by atoms with van der Waals surface area (Å²) in [6.07, 6.45) is 1.65. The van der Waals surface area contributed by atoms with Crippen molar-refractivity contribution in [2.75, 3.05) is 19.8 Å². The smallest absolute Gasteiger partial charge is 0.103 e. The van der Waals surface area contributed by atoms with Gasteiger partial charge in [0.15, 0.2) is 0 Å². The third kappa shape index (κ3) is 2.15. The van der Waals surface area contributed by atoms with Crippen molar-refractivity contribution in [2.45, 2.75) is 32.3 Å².